The molecule has 3 heterocycles. The summed E-state index contributed by atoms with van der Waals surface area (Å²) in [4.78, 5) is 37.4. The van der Waals surface area contributed by atoms with E-state index in [1.807, 2.05) is 0 Å². The summed E-state index contributed by atoms with van der Waals surface area (Å²) in [5.74, 6) is -1.10. The number of pyridine rings is 1. The molecule has 0 radical (unpaired) electrons. The van der Waals surface area contributed by atoms with Crippen molar-refractivity contribution in [3.8, 4) is 23.0 Å². The minimum absolute atomic E-state index is 0.0788. The summed E-state index contributed by atoms with van der Waals surface area (Å²) in [6, 6.07) is 10.0. The van der Waals surface area contributed by atoms with Gasteiger partial charge in [-0.2, -0.15) is 0 Å². The first-order valence-electron chi connectivity index (χ1n) is 11.2. The van der Waals surface area contributed by atoms with Gasteiger partial charge in [-0.3, -0.25) is 0 Å². The third kappa shape index (κ3) is 5.72. The van der Waals surface area contributed by atoms with Gasteiger partial charge in [-0.05, 0) is 38.0 Å². The van der Waals surface area contributed by atoms with E-state index in [2.05, 4.69) is 27.2 Å². The maximum atomic E-state index is 13.1. The van der Waals surface area contributed by atoms with Gasteiger partial charge < -0.3 is 24.6 Å². The largest absolute Gasteiger partial charge is 0.496 e. The van der Waals surface area contributed by atoms with Crippen molar-refractivity contribution in [3.05, 3.63) is 65.6 Å². The van der Waals surface area contributed by atoms with Gasteiger partial charge in [-0.15, -0.1) is 0 Å². The fourth-order valence-electron chi connectivity index (χ4n) is 3.79. The molecule has 0 saturated carbocycles. The third-order valence-corrected chi connectivity index (χ3v) is 5.66. The number of carbonyl (C=O) groups is 2. The van der Waals surface area contributed by atoms with Crippen molar-refractivity contribution in [3.63, 3.8) is 0 Å². The summed E-state index contributed by atoms with van der Waals surface area (Å²) in [7, 11) is 1.45. The zero-order valence-electron chi connectivity index (χ0n) is 19.4. The number of methoxy groups -OCH3 is 1. The summed E-state index contributed by atoms with van der Waals surface area (Å²) < 4.78 is 16.9. The van der Waals surface area contributed by atoms with Crippen LogP contribution in [-0.2, 0) is 11.3 Å². The zero-order valence-corrected chi connectivity index (χ0v) is 19.4. The van der Waals surface area contributed by atoms with Gasteiger partial charge in [0.25, 0.3) is 0 Å². The molecular weight excluding hydrogens is 452 g/mol. The Balaban J connectivity index is 1.51. The van der Waals surface area contributed by atoms with Gasteiger partial charge in [0, 0.05) is 30.5 Å². The minimum Gasteiger partial charge on any atom is -0.496 e. The van der Waals surface area contributed by atoms with Crippen LogP contribution in [0.4, 0.5) is 0 Å². The van der Waals surface area contributed by atoms with Crippen LogP contribution >= 0.6 is 0 Å². The van der Waals surface area contributed by atoms with Crippen molar-refractivity contribution in [2.24, 2.45) is 0 Å². The van der Waals surface area contributed by atoms with Crippen molar-refractivity contribution in [1.82, 2.24) is 20.3 Å². The normalized spacial score (nSPS) is 17.4. The van der Waals surface area contributed by atoms with Crippen molar-refractivity contribution in [2.45, 2.75) is 38.5 Å². The lowest BCUT2D eigenvalue weighted by Crippen LogP contribution is -2.42. The number of aromatic carboxylic acids is 1. The molecule has 1 aromatic carbocycles. The monoisotopic (exact) mass is 478 g/mol. The number of carboxylic acids is 1. The van der Waals surface area contributed by atoms with Crippen LogP contribution in [0.15, 0.2) is 48.8 Å². The number of esters is 1. The molecule has 2 aromatic heterocycles. The van der Waals surface area contributed by atoms with Crippen molar-refractivity contribution >= 4 is 11.9 Å². The average Bonchev–Trinajstić information content (AvgIpc) is 2.88. The molecule has 1 saturated heterocycles. The van der Waals surface area contributed by atoms with Gasteiger partial charge in [-0.1, -0.05) is 18.2 Å². The molecule has 10 nitrogen and oxygen atoms in total. The Bertz CT molecular complexity index is 1210. The van der Waals surface area contributed by atoms with Crippen LogP contribution in [0.25, 0.3) is 11.4 Å². The number of carbonyl (C=O) groups excluding carboxylic acids is 1. The van der Waals surface area contributed by atoms with Gasteiger partial charge in [0.1, 0.15) is 18.5 Å². The molecule has 0 bridgehead atoms. The van der Waals surface area contributed by atoms with Crippen LogP contribution < -0.4 is 14.8 Å². The van der Waals surface area contributed by atoms with Gasteiger partial charge in [-0.25, -0.2) is 24.5 Å². The minimum atomic E-state index is -1.08. The molecule has 4 rings (SSSR count). The lowest BCUT2D eigenvalue weighted by atomic mass is 10.0. The number of rotatable bonds is 8. The molecule has 0 spiro atoms. The highest BCUT2D eigenvalue weighted by atomic mass is 16.5. The van der Waals surface area contributed by atoms with E-state index >= 15 is 0 Å². The van der Waals surface area contributed by atoms with E-state index in [1.54, 1.807) is 30.3 Å². The molecule has 1 aliphatic heterocycles. The quantitative estimate of drug-likeness (QED) is 0.465. The summed E-state index contributed by atoms with van der Waals surface area (Å²) >= 11 is 0. The van der Waals surface area contributed by atoms with Crippen LogP contribution in [0.5, 0.6) is 11.6 Å². The number of ether oxygens (including phenoxy) is 3. The summed E-state index contributed by atoms with van der Waals surface area (Å²) in [5, 5.41) is 12.8. The summed E-state index contributed by atoms with van der Waals surface area (Å²) in [5.41, 5.74) is 0.946. The predicted octanol–water partition coefficient (Wildman–Crippen LogP) is 3.12. The van der Waals surface area contributed by atoms with Crippen molar-refractivity contribution in [1.29, 1.82) is 0 Å². The fraction of sp³-hybridized carbons (Fsp3) is 0.320. The summed E-state index contributed by atoms with van der Waals surface area (Å²) in [6.45, 7) is 2.60. The molecule has 0 unspecified atom stereocenters. The number of nitrogens with zero attached hydrogens (tertiary/aromatic N) is 3. The number of benzene rings is 1. The number of aromatic nitrogens is 3. The van der Waals surface area contributed by atoms with E-state index in [9.17, 15) is 14.7 Å². The van der Waals surface area contributed by atoms with E-state index in [0.717, 1.165) is 12.8 Å². The highest BCUT2D eigenvalue weighted by Crippen LogP contribution is 2.29. The topological polar surface area (TPSA) is 133 Å². The van der Waals surface area contributed by atoms with Crippen LogP contribution in [0.2, 0.25) is 0 Å². The Labute approximate surface area is 202 Å². The lowest BCUT2D eigenvalue weighted by molar-refractivity contribution is 0.0451. The second-order valence-corrected chi connectivity index (χ2v) is 8.12. The Morgan fingerprint density at radius 2 is 1.91 bits per heavy atom. The number of hydrogen-bond donors (Lipinski definition) is 2. The third-order valence-electron chi connectivity index (χ3n) is 5.66. The molecule has 2 N–H and O–H groups in total. The molecule has 1 fully saturated rings. The average molecular weight is 479 g/mol. The SMILES string of the molecule is COc1ccnc(O[C@@H]2CC[C@@H](C)NC2)c1C(=O)OCc1ccnc(-c2ccccc2C(=O)O)n1. The highest BCUT2D eigenvalue weighted by Gasteiger charge is 2.26. The first kappa shape index (κ1) is 24.1. The Hall–Kier alpha value is -4.05. The van der Waals surface area contributed by atoms with Gasteiger partial charge in [0.15, 0.2) is 11.4 Å². The number of carboxylic acid groups (broad SMARTS) is 1. The first-order chi connectivity index (χ1) is 17.0. The predicted molar refractivity (Wildman–Crippen MR) is 125 cm³/mol. The van der Waals surface area contributed by atoms with E-state index in [0.29, 0.717) is 23.8 Å². The van der Waals surface area contributed by atoms with E-state index in [-0.39, 0.29) is 41.3 Å². The lowest BCUT2D eigenvalue weighted by Gasteiger charge is -2.28. The van der Waals surface area contributed by atoms with Gasteiger partial charge in [0.05, 0.1) is 18.4 Å². The molecular formula is C25H26N4O6. The highest BCUT2D eigenvalue weighted by molar-refractivity contribution is 5.95. The Morgan fingerprint density at radius 1 is 1.11 bits per heavy atom. The van der Waals surface area contributed by atoms with E-state index < -0.39 is 11.9 Å². The zero-order chi connectivity index (χ0) is 24.8. The van der Waals surface area contributed by atoms with Gasteiger partial charge in [0.2, 0.25) is 5.88 Å². The Kier molecular flexibility index (Phi) is 7.51. The Morgan fingerprint density at radius 3 is 2.66 bits per heavy atom. The van der Waals surface area contributed by atoms with Crippen LogP contribution in [0.1, 0.15) is 46.2 Å². The molecule has 1 aliphatic rings. The first-order valence-corrected chi connectivity index (χ1v) is 11.2. The second kappa shape index (κ2) is 10.9. The van der Waals surface area contributed by atoms with E-state index in [4.69, 9.17) is 14.2 Å². The molecule has 3 aromatic rings. The van der Waals surface area contributed by atoms with Crippen LogP contribution in [0.3, 0.4) is 0 Å². The smallest absolute Gasteiger partial charge is 0.347 e. The van der Waals surface area contributed by atoms with Crippen molar-refractivity contribution in [2.75, 3.05) is 13.7 Å². The van der Waals surface area contributed by atoms with Gasteiger partial charge >= 0.3 is 11.9 Å². The number of piperidine rings is 1. The molecule has 2 atom stereocenters. The fourth-order valence-corrected chi connectivity index (χ4v) is 3.79. The molecule has 0 amide bonds. The summed E-state index contributed by atoms with van der Waals surface area (Å²) in [6.07, 6.45) is 4.66. The second-order valence-electron chi connectivity index (χ2n) is 8.12. The molecule has 0 aliphatic carbocycles. The number of nitrogens with one attached hydrogen (secondary N) is 1. The standard InChI is InChI=1S/C25H26N4O6/c1-15-7-8-17(13-28-15)35-23-21(20(33-2)10-12-27-23)25(32)34-14-16-9-11-26-22(29-16)18-5-3-4-6-19(18)24(30)31/h3-6,9-12,15,17,28H,7-8,13-14H2,1-2H3,(H,30,31)/t15-,17-/m1/s1. The van der Waals surface area contributed by atoms with E-state index in [1.165, 1.54) is 25.6 Å². The van der Waals surface area contributed by atoms with Crippen LogP contribution in [-0.4, -0.2) is 57.8 Å². The van der Waals surface area contributed by atoms with Crippen molar-refractivity contribution < 1.29 is 28.9 Å². The molecule has 10 heteroatoms. The molecule has 35 heavy (non-hydrogen) atoms. The number of hydrogen-bond acceptors (Lipinski definition) is 9. The van der Waals surface area contributed by atoms with Crippen LogP contribution in [0, 0.1) is 0 Å². The maximum Gasteiger partial charge on any atom is 0.347 e. The molecule has 182 valence electrons. The maximum absolute atomic E-state index is 13.1.